The molecule has 8 heteroatoms. The zero-order chi connectivity index (χ0) is 20.3. The molecule has 0 bridgehead atoms. The summed E-state index contributed by atoms with van der Waals surface area (Å²) in [7, 11) is -2.42. The SMILES string of the molecule is C.N[C@@H](CC=S(=O)=O)C(=O)N1CC(c2cc(F)ccc2F)=CC1c1ccccc1. The first-order valence-corrected chi connectivity index (χ1v) is 9.69. The third-order valence-electron chi connectivity index (χ3n) is 4.54. The maximum Gasteiger partial charge on any atom is 0.240 e. The zero-order valence-corrected chi connectivity index (χ0v) is 15.6. The van der Waals surface area contributed by atoms with Gasteiger partial charge < -0.3 is 10.6 Å². The van der Waals surface area contributed by atoms with Crippen molar-refractivity contribution in [1.82, 2.24) is 4.90 Å². The van der Waals surface area contributed by atoms with Crippen LogP contribution in [-0.4, -0.2) is 37.2 Å². The van der Waals surface area contributed by atoms with Gasteiger partial charge in [0.05, 0.1) is 12.1 Å². The summed E-state index contributed by atoms with van der Waals surface area (Å²) in [5.74, 6) is -1.64. The maximum absolute atomic E-state index is 14.2. The predicted octanol–water partition coefficient (Wildman–Crippen LogP) is 2.97. The van der Waals surface area contributed by atoms with Crippen molar-refractivity contribution in [3.05, 3.63) is 77.4 Å². The second-order valence-electron chi connectivity index (χ2n) is 6.41. The van der Waals surface area contributed by atoms with E-state index in [9.17, 15) is 22.0 Å². The Hall–Kier alpha value is -2.84. The van der Waals surface area contributed by atoms with E-state index in [0.717, 1.165) is 29.1 Å². The van der Waals surface area contributed by atoms with Crippen molar-refractivity contribution in [2.24, 2.45) is 5.73 Å². The largest absolute Gasteiger partial charge is 0.326 e. The molecule has 0 fully saturated rings. The topological polar surface area (TPSA) is 80.5 Å². The fourth-order valence-electron chi connectivity index (χ4n) is 3.17. The van der Waals surface area contributed by atoms with Crippen LogP contribution in [0.3, 0.4) is 0 Å². The Morgan fingerprint density at radius 2 is 1.90 bits per heavy atom. The summed E-state index contributed by atoms with van der Waals surface area (Å²) in [5, 5.41) is 0.927. The molecule has 0 aliphatic carbocycles. The molecule has 2 N–H and O–H groups in total. The van der Waals surface area contributed by atoms with Gasteiger partial charge in [0.1, 0.15) is 11.6 Å². The summed E-state index contributed by atoms with van der Waals surface area (Å²) >= 11 is 0. The molecular weight excluding hydrogens is 398 g/mol. The minimum Gasteiger partial charge on any atom is -0.326 e. The van der Waals surface area contributed by atoms with Crippen molar-refractivity contribution in [2.45, 2.75) is 25.9 Å². The molecule has 1 heterocycles. The average molecular weight is 420 g/mol. The lowest BCUT2D eigenvalue weighted by Gasteiger charge is -2.27. The van der Waals surface area contributed by atoms with Crippen LogP contribution in [0.1, 0.15) is 31.0 Å². The van der Waals surface area contributed by atoms with Gasteiger partial charge in [-0.2, -0.15) is 8.42 Å². The fourth-order valence-corrected chi connectivity index (χ4v) is 3.54. The van der Waals surface area contributed by atoms with E-state index in [4.69, 9.17) is 5.73 Å². The van der Waals surface area contributed by atoms with Gasteiger partial charge in [0, 0.05) is 23.9 Å². The monoisotopic (exact) mass is 420 g/mol. The highest BCUT2D eigenvalue weighted by atomic mass is 32.2. The number of carbonyl (C=O) groups is 1. The Morgan fingerprint density at radius 1 is 1.21 bits per heavy atom. The normalized spacial score (nSPS) is 16.6. The molecule has 2 aromatic carbocycles. The number of carbonyl (C=O) groups excluding carboxylic acids is 1. The first kappa shape index (κ1) is 22.4. The molecule has 1 aliphatic heterocycles. The molecule has 2 atom stereocenters. The highest BCUT2D eigenvalue weighted by molar-refractivity contribution is 7.71. The van der Waals surface area contributed by atoms with Crippen LogP contribution < -0.4 is 5.73 Å². The van der Waals surface area contributed by atoms with E-state index in [1.54, 1.807) is 18.2 Å². The van der Waals surface area contributed by atoms with Gasteiger partial charge in [-0.15, -0.1) is 0 Å². The van der Waals surface area contributed by atoms with Crippen LogP contribution in [-0.2, 0) is 15.1 Å². The van der Waals surface area contributed by atoms with Crippen LogP contribution >= 0.6 is 0 Å². The standard InChI is InChI=1S/C20H18F2N2O3S.CH4/c21-15-6-7-17(22)16(11-15)14-10-19(13-4-2-1-3-5-13)24(12-14)20(25)18(23)8-9-28(26)27;/h1-7,9-11,18-19H,8,12,23H2;1H4/t18-,19?;/m0./s1. The van der Waals surface area contributed by atoms with Crippen LogP contribution in [0, 0.1) is 11.6 Å². The molecule has 29 heavy (non-hydrogen) atoms. The van der Waals surface area contributed by atoms with Crippen molar-refractivity contribution in [3.63, 3.8) is 0 Å². The summed E-state index contributed by atoms with van der Waals surface area (Å²) in [6, 6.07) is 10.6. The summed E-state index contributed by atoms with van der Waals surface area (Å²) in [5.41, 5.74) is 7.20. The van der Waals surface area contributed by atoms with E-state index in [0.29, 0.717) is 5.57 Å². The van der Waals surface area contributed by atoms with Crippen LogP contribution in [0.2, 0.25) is 0 Å². The fraction of sp³-hybridized carbons (Fsp3) is 0.238. The lowest BCUT2D eigenvalue weighted by atomic mass is 10.0. The molecule has 0 saturated heterocycles. The number of amides is 1. The van der Waals surface area contributed by atoms with E-state index < -0.39 is 39.9 Å². The number of halogens is 2. The molecule has 1 aliphatic rings. The highest BCUT2D eigenvalue weighted by Gasteiger charge is 2.33. The molecule has 0 saturated carbocycles. The van der Waals surface area contributed by atoms with Gasteiger partial charge in [0.2, 0.25) is 16.2 Å². The van der Waals surface area contributed by atoms with Gasteiger partial charge in [0.15, 0.2) is 0 Å². The van der Waals surface area contributed by atoms with Crippen molar-refractivity contribution in [2.75, 3.05) is 6.54 Å². The maximum atomic E-state index is 14.2. The van der Waals surface area contributed by atoms with Gasteiger partial charge in [-0.25, -0.2) is 8.78 Å². The Morgan fingerprint density at radius 3 is 2.55 bits per heavy atom. The number of hydrogen-bond acceptors (Lipinski definition) is 4. The number of nitrogens with two attached hydrogens (primary N) is 1. The zero-order valence-electron chi connectivity index (χ0n) is 14.8. The van der Waals surface area contributed by atoms with Crippen molar-refractivity contribution >= 4 is 27.1 Å². The van der Waals surface area contributed by atoms with Gasteiger partial charge in [0.25, 0.3) is 0 Å². The molecule has 2 aromatic rings. The molecule has 3 rings (SSSR count). The molecule has 0 radical (unpaired) electrons. The minimum absolute atomic E-state index is 0. The minimum atomic E-state index is -2.42. The van der Waals surface area contributed by atoms with Gasteiger partial charge in [-0.1, -0.05) is 43.8 Å². The van der Waals surface area contributed by atoms with Gasteiger partial charge in [-0.3, -0.25) is 4.79 Å². The van der Waals surface area contributed by atoms with E-state index in [-0.39, 0.29) is 26.0 Å². The number of benzene rings is 2. The number of rotatable bonds is 5. The van der Waals surface area contributed by atoms with Crippen molar-refractivity contribution < 1.29 is 22.0 Å². The summed E-state index contributed by atoms with van der Waals surface area (Å²) in [6.07, 6.45) is 1.56. The molecular formula is C21H22F2N2O3S. The second-order valence-corrected chi connectivity index (χ2v) is 7.26. The quantitative estimate of drug-likeness (QED) is 0.754. The third-order valence-corrected chi connectivity index (χ3v) is 5.00. The molecule has 5 nitrogen and oxygen atoms in total. The molecule has 1 unspecified atom stereocenters. The predicted molar refractivity (Wildman–Crippen MR) is 110 cm³/mol. The highest BCUT2D eigenvalue weighted by Crippen LogP contribution is 2.36. The summed E-state index contributed by atoms with van der Waals surface area (Å²) in [4.78, 5) is 14.3. The third kappa shape index (κ3) is 5.16. The van der Waals surface area contributed by atoms with Gasteiger partial charge >= 0.3 is 0 Å². The first-order chi connectivity index (χ1) is 13.4. The Balaban J connectivity index is 0.00000300. The van der Waals surface area contributed by atoms with E-state index in [2.05, 4.69) is 0 Å². The van der Waals surface area contributed by atoms with Crippen LogP contribution in [0.15, 0.2) is 54.6 Å². The molecule has 0 spiro atoms. The van der Waals surface area contributed by atoms with E-state index in [1.807, 2.05) is 18.2 Å². The van der Waals surface area contributed by atoms with E-state index in [1.165, 1.54) is 4.90 Å². The lowest BCUT2D eigenvalue weighted by Crippen LogP contribution is -2.44. The van der Waals surface area contributed by atoms with Crippen LogP contribution in [0.5, 0.6) is 0 Å². The van der Waals surface area contributed by atoms with Crippen LogP contribution in [0.25, 0.3) is 5.57 Å². The Labute approximate surface area is 170 Å². The number of nitrogens with zero attached hydrogens (tertiary/aromatic N) is 1. The molecule has 154 valence electrons. The lowest BCUT2D eigenvalue weighted by molar-refractivity contribution is -0.132. The van der Waals surface area contributed by atoms with Crippen LogP contribution in [0.4, 0.5) is 8.78 Å². The smallest absolute Gasteiger partial charge is 0.240 e. The average Bonchev–Trinajstić information content (AvgIpc) is 3.13. The van der Waals surface area contributed by atoms with E-state index >= 15 is 0 Å². The summed E-state index contributed by atoms with van der Waals surface area (Å²) < 4.78 is 49.3. The second kappa shape index (κ2) is 9.58. The Kier molecular flexibility index (Phi) is 7.41. The number of hydrogen-bond donors (Lipinski definition) is 1. The van der Waals surface area contributed by atoms with Gasteiger partial charge in [-0.05, 0) is 29.3 Å². The first-order valence-electron chi connectivity index (χ1n) is 8.55. The van der Waals surface area contributed by atoms with Crippen molar-refractivity contribution in [3.8, 4) is 0 Å². The summed E-state index contributed by atoms with van der Waals surface area (Å²) in [6.45, 7) is 0.0347. The van der Waals surface area contributed by atoms with Crippen molar-refractivity contribution in [1.29, 1.82) is 0 Å². The molecule has 1 amide bonds. The molecule has 0 aromatic heterocycles. The Bertz CT molecular complexity index is 1040.